The molecule has 270 valence electrons. The van der Waals surface area contributed by atoms with Gasteiger partial charge in [0.2, 0.25) is 0 Å². The van der Waals surface area contributed by atoms with E-state index in [0.29, 0.717) is 0 Å². The van der Waals surface area contributed by atoms with E-state index in [1.165, 1.54) is 66.6 Å². The molecule has 57 heavy (non-hydrogen) atoms. The van der Waals surface area contributed by atoms with Gasteiger partial charge in [-0.1, -0.05) is 184 Å². The van der Waals surface area contributed by atoms with Crippen LogP contribution in [0.25, 0.3) is 78.1 Å². The van der Waals surface area contributed by atoms with Gasteiger partial charge in [0.25, 0.3) is 0 Å². The molecule has 2 nitrogen and oxygen atoms in total. The lowest BCUT2D eigenvalue weighted by Gasteiger charge is -2.28. The maximum absolute atomic E-state index is 5.30. The smallest absolute Gasteiger partial charge is 0.160 e. The number of nitrogens with zero attached hydrogens (tertiary/aromatic N) is 2. The summed E-state index contributed by atoms with van der Waals surface area (Å²) in [6.07, 6.45) is 0. The predicted octanol–water partition coefficient (Wildman–Crippen LogP) is 13.9. The van der Waals surface area contributed by atoms with Crippen molar-refractivity contribution in [1.29, 1.82) is 0 Å². The second kappa shape index (κ2) is 12.6. The molecule has 0 N–H and O–H groups in total. The Kier molecular flexibility index (Phi) is 7.37. The van der Waals surface area contributed by atoms with E-state index in [0.717, 1.165) is 39.3 Å². The molecule has 1 aromatic heterocycles. The lowest BCUT2D eigenvalue weighted by atomic mass is 9.74. The van der Waals surface area contributed by atoms with E-state index in [-0.39, 0.29) is 10.8 Å². The fraction of sp³-hybridized carbons (Fsp3) is 0.0909. The van der Waals surface area contributed by atoms with Crippen LogP contribution in [0.2, 0.25) is 0 Å². The minimum absolute atomic E-state index is 0.0554. The number of rotatable bonds is 5. The fourth-order valence-electron chi connectivity index (χ4n) is 9.84. The summed E-state index contributed by atoms with van der Waals surface area (Å²) in [4.78, 5) is 10.5. The molecule has 9 aromatic rings. The van der Waals surface area contributed by atoms with Crippen LogP contribution in [0, 0.1) is 0 Å². The number of hydrogen-bond donors (Lipinski definition) is 0. The van der Waals surface area contributed by atoms with Crippen LogP contribution >= 0.6 is 0 Å². The Morgan fingerprint density at radius 1 is 0.333 bits per heavy atom. The first-order valence-electron chi connectivity index (χ1n) is 19.9. The Morgan fingerprint density at radius 2 is 0.877 bits per heavy atom. The van der Waals surface area contributed by atoms with Gasteiger partial charge in [0.15, 0.2) is 5.82 Å². The molecule has 11 rings (SSSR count). The van der Waals surface area contributed by atoms with E-state index < -0.39 is 0 Å². The molecule has 2 aliphatic rings. The van der Waals surface area contributed by atoms with Crippen molar-refractivity contribution in [2.24, 2.45) is 0 Å². The van der Waals surface area contributed by atoms with Crippen molar-refractivity contribution in [1.82, 2.24) is 9.97 Å². The fourth-order valence-corrected chi connectivity index (χ4v) is 9.84. The average molecular weight is 729 g/mol. The number of fused-ring (bicyclic) bond motifs is 7. The van der Waals surface area contributed by atoms with Crippen molar-refractivity contribution >= 4 is 10.8 Å². The Hall–Kier alpha value is -6.90. The zero-order valence-electron chi connectivity index (χ0n) is 32.3. The molecule has 0 spiro atoms. The van der Waals surface area contributed by atoms with Crippen LogP contribution < -0.4 is 0 Å². The maximum Gasteiger partial charge on any atom is 0.160 e. The molecule has 0 amide bonds. The first-order chi connectivity index (χ1) is 27.9. The van der Waals surface area contributed by atoms with Gasteiger partial charge in [-0.2, -0.15) is 0 Å². The van der Waals surface area contributed by atoms with Gasteiger partial charge >= 0.3 is 0 Å². The van der Waals surface area contributed by atoms with Crippen molar-refractivity contribution in [2.75, 3.05) is 0 Å². The molecule has 8 aromatic carbocycles. The van der Waals surface area contributed by atoms with Crippen LogP contribution in [0.4, 0.5) is 0 Å². The third kappa shape index (κ3) is 5.03. The summed E-state index contributed by atoms with van der Waals surface area (Å²) in [5, 5.41) is 2.36. The highest BCUT2D eigenvalue weighted by atomic mass is 14.9. The van der Waals surface area contributed by atoms with Crippen molar-refractivity contribution in [3.05, 3.63) is 216 Å². The average Bonchev–Trinajstić information content (AvgIpc) is 3.67. The quantitative estimate of drug-likeness (QED) is 0.176. The van der Waals surface area contributed by atoms with Crippen molar-refractivity contribution < 1.29 is 0 Å². The van der Waals surface area contributed by atoms with E-state index in [9.17, 15) is 0 Å². The van der Waals surface area contributed by atoms with E-state index in [1.54, 1.807) is 0 Å². The Labute approximate surface area is 334 Å². The third-order valence-electron chi connectivity index (χ3n) is 12.8. The molecule has 0 aliphatic heterocycles. The zero-order valence-corrected chi connectivity index (χ0v) is 32.3. The molecule has 2 aliphatic carbocycles. The van der Waals surface area contributed by atoms with Gasteiger partial charge in [0.1, 0.15) is 0 Å². The summed E-state index contributed by atoms with van der Waals surface area (Å²) < 4.78 is 0. The van der Waals surface area contributed by atoms with E-state index in [2.05, 4.69) is 203 Å². The largest absolute Gasteiger partial charge is 0.228 e. The van der Waals surface area contributed by atoms with E-state index in [1.807, 2.05) is 6.07 Å². The first kappa shape index (κ1) is 33.4. The summed E-state index contributed by atoms with van der Waals surface area (Å²) >= 11 is 0. The maximum atomic E-state index is 5.30. The van der Waals surface area contributed by atoms with Crippen molar-refractivity contribution in [2.45, 2.75) is 31.6 Å². The van der Waals surface area contributed by atoms with Gasteiger partial charge in [0, 0.05) is 27.5 Å². The molecular formula is C55H40N2. The topological polar surface area (TPSA) is 25.8 Å². The normalized spacial score (nSPS) is 15.8. The number of hydrogen-bond acceptors (Lipinski definition) is 2. The first-order valence-corrected chi connectivity index (χ1v) is 19.9. The molecule has 1 unspecified atom stereocenters. The van der Waals surface area contributed by atoms with Gasteiger partial charge in [-0.25, -0.2) is 9.97 Å². The SMILES string of the molecule is CC1(C)c2ccccc2-c2cc(-c3cc(-c4ccc(-c5ccc6c(c5)C(C)(c5ccccc5)c5ccccc5-6)c5ccccc45)nc(-c4ccccc4)n3)ccc21. The molecule has 1 heterocycles. The third-order valence-corrected chi connectivity index (χ3v) is 12.8. The highest BCUT2D eigenvalue weighted by molar-refractivity contribution is 6.05. The van der Waals surface area contributed by atoms with Crippen LogP contribution in [0.5, 0.6) is 0 Å². The lowest BCUT2D eigenvalue weighted by Crippen LogP contribution is -2.22. The minimum Gasteiger partial charge on any atom is -0.228 e. The van der Waals surface area contributed by atoms with Crippen molar-refractivity contribution in [3.63, 3.8) is 0 Å². The summed E-state index contributed by atoms with van der Waals surface area (Å²) in [6, 6.07) is 68.5. The van der Waals surface area contributed by atoms with E-state index in [4.69, 9.17) is 9.97 Å². The van der Waals surface area contributed by atoms with Crippen LogP contribution in [-0.4, -0.2) is 9.97 Å². The van der Waals surface area contributed by atoms with Gasteiger partial charge < -0.3 is 0 Å². The van der Waals surface area contributed by atoms with Crippen molar-refractivity contribution in [3.8, 4) is 67.3 Å². The summed E-state index contributed by atoms with van der Waals surface area (Å²) in [5.41, 5.74) is 19.0. The van der Waals surface area contributed by atoms with E-state index >= 15 is 0 Å². The predicted molar refractivity (Wildman–Crippen MR) is 236 cm³/mol. The van der Waals surface area contributed by atoms with Gasteiger partial charge in [-0.05, 0) is 97.1 Å². The molecule has 0 saturated heterocycles. The van der Waals surface area contributed by atoms with Gasteiger partial charge in [-0.15, -0.1) is 0 Å². The molecule has 0 bridgehead atoms. The second-order valence-corrected chi connectivity index (χ2v) is 16.3. The summed E-state index contributed by atoms with van der Waals surface area (Å²) in [5.74, 6) is 0.718. The van der Waals surface area contributed by atoms with Crippen LogP contribution in [0.3, 0.4) is 0 Å². The number of aromatic nitrogens is 2. The van der Waals surface area contributed by atoms with Crippen LogP contribution in [0.15, 0.2) is 188 Å². The summed E-state index contributed by atoms with van der Waals surface area (Å²) in [7, 11) is 0. The lowest BCUT2D eigenvalue weighted by molar-refractivity contribution is 0.660. The van der Waals surface area contributed by atoms with Crippen LogP contribution in [0.1, 0.15) is 48.6 Å². The molecule has 0 fully saturated rings. The minimum atomic E-state index is -0.264. The van der Waals surface area contributed by atoms with Crippen LogP contribution in [-0.2, 0) is 10.8 Å². The van der Waals surface area contributed by atoms with Gasteiger partial charge in [-0.3, -0.25) is 0 Å². The Balaban J connectivity index is 1.07. The Morgan fingerprint density at radius 3 is 1.65 bits per heavy atom. The number of benzene rings is 8. The monoisotopic (exact) mass is 728 g/mol. The summed E-state index contributed by atoms with van der Waals surface area (Å²) in [6.45, 7) is 7.04. The standard InChI is InChI=1S/C55H40N2/c1-54(2)47-24-14-12-23-43(47)46-32-37(27-31-48(46)54)51-34-52(57-53(56-51)35-16-6-4-7-17-35)45-30-29-39(40-20-10-11-21-41(40)45)36-26-28-44-42-22-13-15-25-49(42)55(3,50(44)33-36)38-18-8-5-9-19-38/h4-34H,1-3H3. The second-order valence-electron chi connectivity index (χ2n) is 16.3. The molecular weight excluding hydrogens is 689 g/mol. The van der Waals surface area contributed by atoms with Gasteiger partial charge in [0.05, 0.1) is 11.4 Å². The highest BCUT2D eigenvalue weighted by Crippen LogP contribution is 2.54. The molecule has 0 saturated carbocycles. The molecule has 1 atom stereocenters. The molecule has 0 radical (unpaired) electrons. The molecule has 2 heteroatoms. The highest BCUT2D eigenvalue weighted by Gasteiger charge is 2.41. The Bertz CT molecular complexity index is 3050. The zero-order chi connectivity index (χ0) is 38.3.